The molecule has 100 valence electrons. The zero-order valence-corrected chi connectivity index (χ0v) is 10.7. The van der Waals surface area contributed by atoms with E-state index in [-0.39, 0.29) is 11.6 Å². The Morgan fingerprint density at radius 1 is 1.25 bits per heavy atom. The summed E-state index contributed by atoms with van der Waals surface area (Å²) in [5, 5.41) is 0. The van der Waals surface area contributed by atoms with E-state index in [2.05, 4.69) is 4.99 Å². The first kappa shape index (κ1) is 12.2. The average Bonchev–Trinajstić information content (AvgIpc) is 3.10. The number of ether oxygens (including phenoxy) is 2. The van der Waals surface area contributed by atoms with Crippen LogP contribution in [0.1, 0.15) is 11.3 Å². The molecule has 0 aliphatic carbocycles. The number of hydrogen-bond donors (Lipinski definition) is 0. The molecule has 0 fully saturated rings. The molecule has 5 nitrogen and oxygen atoms in total. The fourth-order valence-electron chi connectivity index (χ4n) is 1.80. The topological polar surface area (TPSA) is 61.0 Å². The van der Waals surface area contributed by atoms with E-state index in [4.69, 9.17) is 13.9 Å². The second-order valence-corrected chi connectivity index (χ2v) is 4.09. The van der Waals surface area contributed by atoms with Crippen molar-refractivity contribution in [2.75, 3.05) is 7.11 Å². The normalized spacial score (nSPS) is 16.1. The Kier molecular flexibility index (Phi) is 3.09. The smallest absolute Gasteiger partial charge is 0.363 e. The lowest BCUT2D eigenvalue weighted by molar-refractivity contribution is -0.130. The molecule has 20 heavy (non-hydrogen) atoms. The lowest BCUT2D eigenvalue weighted by Crippen LogP contribution is -2.04. The molecule has 2 aromatic rings. The number of hydrogen-bond acceptors (Lipinski definition) is 5. The van der Waals surface area contributed by atoms with Gasteiger partial charge in [-0.2, -0.15) is 0 Å². The molecule has 0 bridgehead atoms. The van der Waals surface area contributed by atoms with Crippen LogP contribution < -0.4 is 4.74 Å². The molecule has 1 aliphatic heterocycles. The molecular formula is C15H11NO4. The number of carbonyl (C=O) groups excluding carboxylic acids is 1. The van der Waals surface area contributed by atoms with Gasteiger partial charge in [0.05, 0.1) is 13.4 Å². The highest BCUT2D eigenvalue weighted by Crippen LogP contribution is 2.21. The summed E-state index contributed by atoms with van der Waals surface area (Å²) in [5.74, 6) is 0.807. The van der Waals surface area contributed by atoms with E-state index in [1.807, 2.05) is 18.2 Å². The number of furan rings is 1. The SMILES string of the molecule is COc1cccc(/C=C2/N=C(c3ccco3)OC2=O)c1. The second kappa shape index (κ2) is 5.05. The Labute approximate surface area is 115 Å². The zero-order valence-electron chi connectivity index (χ0n) is 10.7. The van der Waals surface area contributed by atoms with Crippen LogP contribution in [-0.2, 0) is 9.53 Å². The molecule has 1 aromatic heterocycles. The Morgan fingerprint density at radius 2 is 2.15 bits per heavy atom. The molecule has 0 unspecified atom stereocenters. The van der Waals surface area contributed by atoms with E-state index < -0.39 is 5.97 Å². The summed E-state index contributed by atoms with van der Waals surface area (Å²) < 4.78 is 15.3. The van der Waals surface area contributed by atoms with Gasteiger partial charge in [0.15, 0.2) is 11.5 Å². The maximum absolute atomic E-state index is 11.8. The van der Waals surface area contributed by atoms with Crippen molar-refractivity contribution in [2.24, 2.45) is 4.99 Å². The minimum absolute atomic E-state index is 0.175. The summed E-state index contributed by atoms with van der Waals surface area (Å²) in [4.78, 5) is 15.9. The van der Waals surface area contributed by atoms with Crippen LogP contribution >= 0.6 is 0 Å². The Balaban J connectivity index is 1.93. The number of benzene rings is 1. The van der Waals surface area contributed by atoms with Gasteiger partial charge in [0, 0.05) is 0 Å². The van der Waals surface area contributed by atoms with Crippen molar-refractivity contribution in [3.8, 4) is 5.75 Å². The number of esters is 1. The summed E-state index contributed by atoms with van der Waals surface area (Å²) in [5.41, 5.74) is 1.03. The molecular weight excluding hydrogens is 258 g/mol. The monoisotopic (exact) mass is 269 g/mol. The minimum atomic E-state index is -0.501. The first-order chi connectivity index (χ1) is 9.76. The predicted octanol–water partition coefficient (Wildman–Crippen LogP) is 2.63. The van der Waals surface area contributed by atoms with Crippen molar-refractivity contribution < 1.29 is 18.7 Å². The van der Waals surface area contributed by atoms with E-state index in [0.29, 0.717) is 11.5 Å². The number of nitrogens with zero attached hydrogens (tertiary/aromatic N) is 1. The van der Waals surface area contributed by atoms with E-state index in [0.717, 1.165) is 5.56 Å². The number of aliphatic imine (C=N–C) groups is 1. The first-order valence-electron chi connectivity index (χ1n) is 5.97. The molecule has 0 radical (unpaired) electrons. The molecule has 3 rings (SSSR count). The number of rotatable bonds is 3. The molecule has 0 saturated heterocycles. The van der Waals surface area contributed by atoms with Gasteiger partial charge in [-0.1, -0.05) is 12.1 Å². The summed E-state index contributed by atoms with van der Waals surface area (Å²) >= 11 is 0. The highest BCUT2D eigenvalue weighted by Gasteiger charge is 2.25. The molecule has 5 heteroatoms. The number of methoxy groups -OCH3 is 1. The van der Waals surface area contributed by atoms with E-state index in [1.165, 1.54) is 6.26 Å². The van der Waals surface area contributed by atoms with E-state index >= 15 is 0 Å². The van der Waals surface area contributed by atoms with Crippen LogP contribution in [-0.4, -0.2) is 19.0 Å². The molecule has 0 amide bonds. The summed E-state index contributed by atoms with van der Waals surface area (Å²) in [6.07, 6.45) is 3.14. The maximum Gasteiger partial charge on any atom is 0.363 e. The first-order valence-corrected chi connectivity index (χ1v) is 5.97. The van der Waals surface area contributed by atoms with Crippen LogP contribution in [0, 0.1) is 0 Å². The highest BCUT2D eigenvalue weighted by molar-refractivity contribution is 6.11. The van der Waals surface area contributed by atoms with E-state index in [9.17, 15) is 4.79 Å². The van der Waals surface area contributed by atoms with Crippen molar-refractivity contribution in [1.82, 2.24) is 0 Å². The molecule has 1 aromatic carbocycles. The predicted molar refractivity (Wildman–Crippen MR) is 72.3 cm³/mol. The fraction of sp³-hybridized carbons (Fsp3) is 0.0667. The zero-order chi connectivity index (χ0) is 13.9. The van der Waals surface area contributed by atoms with Crippen LogP contribution in [0.3, 0.4) is 0 Å². The van der Waals surface area contributed by atoms with Gasteiger partial charge in [0.25, 0.3) is 5.90 Å². The summed E-state index contributed by atoms with van der Waals surface area (Å²) in [7, 11) is 1.59. The van der Waals surface area contributed by atoms with E-state index in [1.54, 1.807) is 31.4 Å². The van der Waals surface area contributed by atoms with Gasteiger partial charge in [0.2, 0.25) is 0 Å². The van der Waals surface area contributed by atoms with Crippen LogP contribution in [0.5, 0.6) is 5.75 Å². The van der Waals surface area contributed by atoms with Crippen molar-refractivity contribution in [1.29, 1.82) is 0 Å². The van der Waals surface area contributed by atoms with Gasteiger partial charge in [-0.3, -0.25) is 0 Å². The third-order valence-corrected chi connectivity index (χ3v) is 2.75. The number of cyclic esters (lactones) is 1. The van der Waals surface area contributed by atoms with Gasteiger partial charge < -0.3 is 13.9 Å². The summed E-state index contributed by atoms with van der Waals surface area (Å²) in [6.45, 7) is 0. The van der Waals surface area contributed by atoms with Crippen molar-refractivity contribution in [3.63, 3.8) is 0 Å². The van der Waals surface area contributed by atoms with Crippen LogP contribution in [0.25, 0.3) is 6.08 Å². The fourth-order valence-corrected chi connectivity index (χ4v) is 1.80. The molecule has 2 heterocycles. The largest absolute Gasteiger partial charge is 0.497 e. The van der Waals surface area contributed by atoms with Crippen LogP contribution in [0.4, 0.5) is 0 Å². The lowest BCUT2D eigenvalue weighted by Gasteiger charge is -2.00. The van der Waals surface area contributed by atoms with Gasteiger partial charge in [-0.05, 0) is 35.9 Å². The standard InChI is InChI=1S/C15H11NO4/c1-18-11-5-2-4-10(8-11)9-12-15(17)20-14(16-12)13-6-3-7-19-13/h2-9H,1H3/b12-9+. The highest BCUT2D eigenvalue weighted by atomic mass is 16.6. The third kappa shape index (κ3) is 2.33. The van der Waals surface area contributed by atoms with Gasteiger partial charge >= 0.3 is 5.97 Å². The van der Waals surface area contributed by atoms with Crippen molar-refractivity contribution in [2.45, 2.75) is 0 Å². The molecule has 0 N–H and O–H groups in total. The molecule has 0 saturated carbocycles. The molecule has 0 atom stereocenters. The Bertz CT molecular complexity index is 698. The minimum Gasteiger partial charge on any atom is -0.497 e. The lowest BCUT2D eigenvalue weighted by atomic mass is 10.2. The third-order valence-electron chi connectivity index (χ3n) is 2.75. The van der Waals surface area contributed by atoms with Crippen LogP contribution in [0.15, 0.2) is 57.8 Å². The van der Waals surface area contributed by atoms with Gasteiger partial charge in [0.1, 0.15) is 5.75 Å². The Hall–Kier alpha value is -2.82. The molecule has 0 spiro atoms. The van der Waals surface area contributed by atoms with Crippen LogP contribution in [0.2, 0.25) is 0 Å². The quantitative estimate of drug-likeness (QED) is 0.634. The van der Waals surface area contributed by atoms with Gasteiger partial charge in [-0.15, -0.1) is 0 Å². The summed E-state index contributed by atoms with van der Waals surface area (Å²) in [6, 6.07) is 10.7. The molecule has 1 aliphatic rings. The number of carbonyl (C=O) groups is 1. The van der Waals surface area contributed by atoms with Crippen molar-refractivity contribution in [3.05, 3.63) is 59.7 Å². The van der Waals surface area contributed by atoms with Gasteiger partial charge in [-0.25, -0.2) is 9.79 Å². The Morgan fingerprint density at radius 3 is 2.90 bits per heavy atom. The maximum atomic E-state index is 11.8. The second-order valence-electron chi connectivity index (χ2n) is 4.09. The van der Waals surface area contributed by atoms with Crippen molar-refractivity contribution >= 4 is 17.9 Å². The average molecular weight is 269 g/mol.